The molecule has 130 valence electrons. The van der Waals surface area contributed by atoms with Gasteiger partial charge in [0, 0.05) is 31.4 Å². The van der Waals surface area contributed by atoms with E-state index in [1.54, 1.807) is 6.20 Å². The van der Waals surface area contributed by atoms with Crippen LogP contribution in [0.15, 0.2) is 47.1 Å². The molecule has 2 aromatic heterocycles. The van der Waals surface area contributed by atoms with Crippen LogP contribution in [0.4, 0.5) is 5.82 Å². The summed E-state index contributed by atoms with van der Waals surface area (Å²) in [7, 11) is 0. The fourth-order valence-corrected chi connectivity index (χ4v) is 2.65. The zero-order valence-corrected chi connectivity index (χ0v) is 14.6. The highest BCUT2D eigenvalue weighted by Crippen LogP contribution is 2.23. The average Bonchev–Trinajstić information content (AvgIpc) is 3.16. The number of rotatable bonds is 7. The predicted octanol–water partition coefficient (Wildman–Crippen LogP) is 3.49. The van der Waals surface area contributed by atoms with Crippen LogP contribution in [0.3, 0.4) is 0 Å². The first-order chi connectivity index (χ1) is 12.2. The minimum atomic E-state index is 0.468. The summed E-state index contributed by atoms with van der Waals surface area (Å²) in [5.41, 5.74) is 8.40. The van der Waals surface area contributed by atoms with E-state index in [1.165, 1.54) is 0 Å². The van der Waals surface area contributed by atoms with Crippen molar-refractivity contribution in [1.82, 2.24) is 15.1 Å². The van der Waals surface area contributed by atoms with E-state index in [-0.39, 0.29) is 0 Å². The van der Waals surface area contributed by atoms with E-state index < -0.39 is 0 Å². The number of nitrogens with two attached hydrogens (primary N) is 1. The highest BCUT2D eigenvalue weighted by molar-refractivity contribution is 5.60. The Morgan fingerprint density at radius 2 is 1.80 bits per heavy atom. The normalized spacial score (nSPS) is 10.8. The molecule has 0 aliphatic heterocycles. The molecule has 0 saturated heterocycles. The van der Waals surface area contributed by atoms with Crippen molar-refractivity contribution in [2.45, 2.75) is 26.8 Å². The van der Waals surface area contributed by atoms with E-state index in [2.05, 4.69) is 33.9 Å². The molecule has 3 aromatic rings. The maximum atomic E-state index is 5.62. The van der Waals surface area contributed by atoms with E-state index in [0.29, 0.717) is 18.3 Å². The Bertz CT molecular complexity index is 795. The van der Waals surface area contributed by atoms with Crippen molar-refractivity contribution in [3.8, 4) is 22.8 Å². The van der Waals surface area contributed by atoms with Gasteiger partial charge in [0.05, 0.1) is 5.56 Å². The number of hydrogen-bond acceptors (Lipinski definition) is 6. The second-order valence-electron chi connectivity index (χ2n) is 5.81. The van der Waals surface area contributed by atoms with Crippen LogP contribution < -0.4 is 10.6 Å². The molecular formula is C19H23N5O. The van der Waals surface area contributed by atoms with E-state index in [9.17, 15) is 0 Å². The Morgan fingerprint density at radius 3 is 2.40 bits per heavy atom. The van der Waals surface area contributed by atoms with Crippen LogP contribution in [0.25, 0.3) is 22.8 Å². The molecule has 6 nitrogen and oxygen atoms in total. The van der Waals surface area contributed by atoms with Gasteiger partial charge in [-0.3, -0.25) is 0 Å². The molecular weight excluding hydrogens is 314 g/mol. The highest BCUT2D eigenvalue weighted by atomic mass is 16.5. The van der Waals surface area contributed by atoms with Crippen LogP contribution in [0.5, 0.6) is 0 Å². The molecule has 0 bridgehead atoms. The smallest absolute Gasteiger partial charge is 0.259 e. The molecule has 25 heavy (non-hydrogen) atoms. The monoisotopic (exact) mass is 337 g/mol. The number of hydrogen-bond donors (Lipinski definition) is 1. The fraction of sp³-hybridized carbons (Fsp3) is 0.316. The van der Waals surface area contributed by atoms with Crippen LogP contribution in [0.1, 0.15) is 25.8 Å². The van der Waals surface area contributed by atoms with Gasteiger partial charge in [-0.1, -0.05) is 36.3 Å². The molecule has 6 heteroatoms. The van der Waals surface area contributed by atoms with Crippen LogP contribution in [-0.2, 0) is 6.54 Å². The molecule has 1 aromatic carbocycles. The number of benzene rings is 1. The van der Waals surface area contributed by atoms with E-state index in [1.807, 2.05) is 36.4 Å². The van der Waals surface area contributed by atoms with Gasteiger partial charge in [0.1, 0.15) is 5.82 Å². The maximum Gasteiger partial charge on any atom is 0.259 e. The van der Waals surface area contributed by atoms with Gasteiger partial charge in [-0.2, -0.15) is 4.98 Å². The van der Waals surface area contributed by atoms with Gasteiger partial charge in [-0.25, -0.2) is 4.98 Å². The van der Waals surface area contributed by atoms with Gasteiger partial charge >= 0.3 is 0 Å². The number of pyridine rings is 1. The first kappa shape index (κ1) is 17.1. The summed E-state index contributed by atoms with van der Waals surface area (Å²) < 4.78 is 5.40. The molecule has 0 fully saturated rings. The van der Waals surface area contributed by atoms with Crippen LogP contribution >= 0.6 is 0 Å². The Kier molecular flexibility index (Phi) is 5.40. The van der Waals surface area contributed by atoms with Crippen molar-refractivity contribution in [3.63, 3.8) is 0 Å². The van der Waals surface area contributed by atoms with Crippen molar-refractivity contribution in [1.29, 1.82) is 0 Å². The summed E-state index contributed by atoms with van der Waals surface area (Å²) >= 11 is 0. The van der Waals surface area contributed by atoms with E-state index in [0.717, 1.165) is 42.0 Å². The number of aromatic nitrogens is 3. The second kappa shape index (κ2) is 7.90. The molecule has 0 aliphatic rings. The molecule has 0 radical (unpaired) electrons. The van der Waals surface area contributed by atoms with Crippen molar-refractivity contribution in [3.05, 3.63) is 48.2 Å². The van der Waals surface area contributed by atoms with Crippen LogP contribution in [-0.4, -0.2) is 28.2 Å². The van der Waals surface area contributed by atoms with Gasteiger partial charge in [0.2, 0.25) is 5.82 Å². The Balaban J connectivity index is 1.79. The zero-order valence-electron chi connectivity index (χ0n) is 14.6. The molecule has 2 heterocycles. The SMILES string of the molecule is CCCN(CC)c1ccc(-c2nc(-c3ccc(CN)cc3)no2)cn1. The third-order valence-corrected chi connectivity index (χ3v) is 4.07. The number of nitrogens with zero attached hydrogens (tertiary/aromatic N) is 4. The predicted molar refractivity (Wildman–Crippen MR) is 99.0 cm³/mol. The van der Waals surface area contributed by atoms with Crippen molar-refractivity contribution >= 4 is 5.82 Å². The van der Waals surface area contributed by atoms with Crippen molar-refractivity contribution < 1.29 is 4.52 Å². The molecule has 2 N–H and O–H groups in total. The Morgan fingerprint density at radius 1 is 1.04 bits per heavy atom. The molecule has 0 saturated carbocycles. The summed E-state index contributed by atoms with van der Waals surface area (Å²) in [6.45, 7) is 6.74. The fourth-order valence-electron chi connectivity index (χ4n) is 2.65. The van der Waals surface area contributed by atoms with Gasteiger partial charge in [-0.15, -0.1) is 0 Å². The highest BCUT2D eigenvalue weighted by Gasteiger charge is 2.12. The lowest BCUT2D eigenvalue weighted by Crippen LogP contribution is -2.24. The summed E-state index contributed by atoms with van der Waals surface area (Å²) in [5.74, 6) is 1.99. The second-order valence-corrected chi connectivity index (χ2v) is 5.81. The first-order valence-corrected chi connectivity index (χ1v) is 8.59. The van der Waals surface area contributed by atoms with Crippen LogP contribution in [0, 0.1) is 0 Å². The molecule has 0 spiro atoms. The lowest BCUT2D eigenvalue weighted by atomic mass is 10.1. The third kappa shape index (κ3) is 3.85. The van der Waals surface area contributed by atoms with E-state index in [4.69, 9.17) is 10.3 Å². The molecule has 0 unspecified atom stereocenters. The molecule has 0 atom stereocenters. The summed E-state index contributed by atoms with van der Waals surface area (Å²) in [6, 6.07) is 11.8. The zero-order chi connectivity index (χ0) is 17.6. The van der Waals surface area contributed by atoms with Crippen LogP contribution in [0.2, 0.25) is 0 Å². The average molecular weight is 337 g/mol. The van der Waals surface area contributed by atoms with Crippen molar-refractivity contribution in [2.75, 3.05) is 18.0 Å². The van der Waals surface area contributed by atoms with Gasteiger partial charge < -0.3 is 15.2 Å². The van der Waals surface area contributed by atoms with Gasteiger partial charge in [0.15, 0.2) is 0 Å². The lowest BCUT2D eigenvalue weighted by molar-refractivity contribution is 0.432. The lowest BCUT2D eigenvalue weighted by Gasteiger charge is -2.20. The van der Waals surface area contributed by atoms with Gasteiger partial charge in [-0.05, 0) is 31.0 Å². The minimum Gasteiger partial charge on any atom is -0.357 e. The topological polar surface area (TPSA) is 81.1 Å². The molecule has 3 rings (SSSR count). The largest absolute Gasteiger partial charge is 0.357 e. The molecule has 0 aliphatic carbocycles. The van der Waals surface area contributed by atoms with E-state index >= 15 is 0 Å². The van der Waals surface area contributed by atoms with Gasteiger partial charge in [0.25, 0.3) is 5.89 Å². The standard InChI is InChI=1S/C19H23N5O/c1-3-11-24(4-2)17-10-9-16(13-21-17)19-22-18(23-25-19)15-7-5-14(12-20)6-8-15/h5-10,13H,3-4,11-12,20H2,1-2H3. The Labute approximate surface area is 147 Å². The quantitative estimate of drug-likeness (QED) is 0.711. The minimum absolute atomic E-state index is 0.468. The Hall–Kier alpha value is -2.73. The first-order valence-electron chi connectivity index (χ1n) is 8.59. The number of anilines is 1. The summed E-state index contributed by atoms with van der Waals surface area (Å²) in [4.78, 5) is 11.2. The third-order valence-electron chi connectivity index (χ3n) is 4.07. The summed E-state index contributed by atoms with van der Waals surface area (Å²) in [5, 5.41) is 4.07. The molecule has 0 amide bonds. The maximum absolute atomic E-state index is 5.62. The summed E-state index contributed by atoms with van der Waals surface area (Å²) in [6.07, 6.45) is 2.87. The van der Waals surface area contributed by atoms with Crippen molar-refractivity contribution in [2.24, 2.45) is 5.73 Å².